The van der Waals surface area contributed by atoms with Gasteiger partial charge < -0.3 is 10.4 Å². The van der Waals surface area contributed by atoms with E-state index in [4.69, 9.17) is 10.4 Å². The molecular formula is C26H24F2N8O. The summed E-state index contributed by atoms with van der Waals surface area (Å²) in [5.74, 6) is -1.12. The van der Waals surface area contributed by atoms with Crippen LogP contribution in [-0.4, -0.2) is 40.6 Å². The van der Waals surface area contributed by atoms with Crippen LogP contribution < -0.4 is 5.32 Å². The Kier molecular flexibility index (Phi) is 5.31. The molecule has 9 nitrogen and oxygen atoms in total. The first kappa shape index (κ1) is 23.2. The SMILES string of the molecule is Cc1nn(-c2cc(Nc3c(C)c(-c4ccc(C#N)cc4)nn3CC3CC3)ncn2)c2c1C(O)C(F)(F)C2. The van der Waals surface area contributed by atoms with E-state index < -0.39 is 18.4 Å². The van der Waals surface area contributed by atoms with Gasteiger partial charge in [-0.2, -0.15) is 15.5 Å². The van der Waals surface area contributed by atoms with E-state index in [1.54, 1.807) is 25.1 Å². The van der Waals surface area contributed by atoms with E-state index >= 15 is 0 Å². The van der Waals surface area contributed by atoms with Crippen LogP contribution in [0.3, 0.4) is 0 Å². The van der Waals surface area contributed by atoms with E-state index in [1.165, 1.54) is 11.0 Å². The number of aryl methyl sites for hydroxylation is 1. The fraction of sp³-hybridized carbons (Fsp3) is 0.346. The van der Waals surface area contributed by atoms with Gasteiger partial charge in [0, 0.05) is 29.3 Å². The van der Waals surface area contributed by atoms with Crippen LogP contribution in [0.15, 0.2) is 36.7 Å². The number of aliphatic hydroxyl groups is 1. The smallest absolute Gasteiger partial charge is 0.283 e. The van der Waals surface area contributed by atoms with Gasteiger partial charge in [-0.1, -0.05) is 12.1 Å². The van der Waals surface area contributed by atoms with Gasteiger partial charge in [0.25, 0.3) is 5.92 Å². The monoisotopic (exact) mass is 502 g/mol. The van der Waals surface area contributed by atoms with Gasteiger partial charge in [-0.3, -0.25) is 0 Å². The van der Waals surface area contributed by atoms with E-state index in [0.29, 0.717) is 28.8 Å². The molecule has 3 heterocycles. The van der Waals surface area contributed by atoms with Crippen LogP contribution in [0.4, 0.5) is 20.4 Å². The number of halogens is 2. The van der Waals surface area contributed by atoms with Crippen molar-refractivity contribution in [3.05, 3.63) is 64.7 Å². The van der Waals surface area contributed by atoms with Gasteiger partial charge >= 0.3 is 0 Å². The summed E-state index contributed by atoms with van der Waals surface area (Å²) < 4.78 is 31.8. The third kappa shape index (κ3) is 4.03. The molecule has 0 saturated heterocycles. The molecule has 2 aliphatic carbocycles. The molecule has 3 aromatic heterocycles. The molecule has 4 aromatic rings. The Balaban J connectivity index is 1.36. The number of aromatic nitrogens is 6. The minimum atomic E-state index is -3.25. The van der Waals surface area contributed by atoms with Crippen molar-refractivity contribution in [3.63, 3.8) is 0 Å². The van der Waals surface area contributed by atoms with Crippen LogP contribution >= 0.6 is 0 Å². The highest BCUT2D eigenvalue weighted by Crippen LogP contribution is 2.45. The lowest BCUT2D eigenvalue weighted by atomic mass is 10.1. The second-order valence-electron chi connectivity index (χ2n) is 9.72. The predicted octanol–water partition coefficient (Wildman–Crippen LogP) is 4.39. The number of rotatable bonds is 6. The number of fused-ring (bicyclic) bond motifs is 1. The Morgan fingerprint density at radius 1 is 1.16 bits per heavy atom. The maximum Gasteiger partial charge on any atom is 0.283 e. The van der Waals surface area contributed by atoms with Crippen LogP contribution in [0.1, 0.15) is 47.0 Å². The highest BCUT2D eigenvalue weighted by atomic mass is 19.3. The van der Waals surface area contributed by atoms with Crippen LogP contribution in [0, 0.1) is 31.1 Å². The summed E-state index contributed by atoms with van der Waals surface area (Å²) in [6.07, 6.45) is 1.17. The molecule has 37 heavy (non-hydrogen) atoms. The normalized spacial score (nSPS) is 18.0. The van der Waals surface area contributed by atoms with Gasteiger partial charge in [0.05, 0.1) is 35.1 Å². The Morgan fingerprint density at radius 3 is 2.62 bits per heavy atom. The summed E-state index contributed by atoms with van der Waals surface area (Å²) >= 11 is 0. The molecule has 1 saturated carbocycles. The molecular weight excluding hydrogens is 478 g/mol. The molecule has 6 rings (SSSR count). The lowest BCUT2D eigenvalue weighted by Gasteiger charge is -2.14. The number of alkyl halides is 2. The first-order valence-electron chi connectivity index (χ1n) is 12.1. The Hall–Kier alpha value is -4.17. The van der Waals surface area contributed by atoms with Gasteiger partial charge in [-0.05, 0) is 44.7 Å². The fourth-order valence-electron chi connectivity index (χ4n) is 4.85. The summed E-state index contributed by atoms with van der Waals surface area (Å²) in [6.45, 7) is 4.34. The van der Waals surface area contributed by atoms with Gasteiger partial charge in [-0.15, -0.1) is 0 Å². The van der Waals surface area contributed by atoms with Crippen LogP contribution in [0.2, 0.25) is 0 Å². The molecule has 2 N–H and O–H groups in total. The van der Waals surface area contributed by atoms with Crippen molar-refractivity contribution in [3.8, 4) is 23.1 Å². The van der Waals surface area contributed by atoms with Gasteiger partial charge in [0.15, 0.2) is 5.82 Å². The second kappa shape index (κ2) is 8.45. The largest absolute Gasteiger partial charge is 0.382 e. The van der Waals surface area contributed by atoms with Crippen molar-refractivity contribution in [2.45, 2.75) is 51.7 Å². The van der Waals surface area contributed by atoms with E-state index in [0.717, 1.165) is 42.0 Å². The summed E-state index contributed by atoms with van der Waals surface area (Å²) in [5.41, 5.74) is 3.96. The summed E-state index contributed by atoms with van der Waals surface area (Å²) in [6, 6.07) is 11.1. The minimum Gasteiger partial charge on any atom is -0.382 e. The molecule has 0 radical (unpaired) electrons. The Morgan fingerprint density at radius 2 is 1.92 bits per heavy atom. The third-order valence-electron chi connectivity index (χ3n) is 7.00. The van der Waals surface area contributed by atoms with E-state index in [2.05, 4.69) is 26.5 Å². The zero-order chi connectivity index (χ0) is 25.9. The summed E-state index contributed by atoms with van der Waals surface area (Å²) in [5, 5.41) is 31.8. The lowest BCUT2D eigenvalue weighted by Crippen LogP contribution is -2.23. The topological polar surface area (TPSA) is 117 Å². The van der Waals surface area contributed by atoms with Crippen molar-refractivity contribution in [2.24, 2.45) is 5.92 Å². The van der Waals surface area contributed by atoms with E-state index in [9.17, 15) is 13.9 Å². The summed E-state index contributed by atoms with van der Waals surface area (Å²) in [7, 11) is 0. The number of hydrogen-bond donors (Lipinski definition) is 2. The average Bonchev–Trinajstić information content (AvgIpc) is 3.52. The number of aliphatic hydroxyl groups excluding tert-OH is 1. The van der Waals surface area contributed by atoms with Crippen molar-refractivity contribution < 1.29 is 13.9 Å². The Bertz CT molecular complexity index is 1550. The number of hydrogen-bond acceptors (Lipinski definition) is 7. The number of benzene rings is 1. The molecule has 0 amide bonds. The highest BCUT2D eigenvalue weighted by Gasteiger charge is 2.50. The quantitative estimate of drug-likeness (QED) is 0.401. The molecule has 1 fully saturated rings. The molecule has 0 bridgehead atoms. The van der Waals surface area contributed by atoms with Crippen molar-refractivity contribution in [1.82, 2.24) is 29.5 Å². The molecule has 11 heteroatoms. The zero-order valence-corrected chi connectivity index (χ0v) is 20.3. The van der Waals surface area contributed by atoms with Crippen molar-refractivity contribution in [2.75, 3.05) is 5.32 Å². The van der Waals surface area contributed by atoms with Gasteiger partial charge in [0.1, 0.15) is 24.1 Å². The zero-order valence-electron chi connectivity index (χ0n) is 20.3. The molecule has 1 aromatic carbocycles. The number of nitrogens with zero attached hydrogens (tertiary/aromatic N) is 7. The number of nitrogens with one attached hydrogen (secondary N) is 1. The number of anilines is 2. The molecule has 0 aliphatic heterocycles. The van der Waals surface area contributed by atoms with Gasteiger partial charge in [-0.25, -0.2) is 28.1 Å². The molecule has 1 atom stereocenters. The highest BCUT2D eigenvalue weighted by molar-refractivity contribution is 5.72. The molecule has 188 valence electrons. The van der Waals surface area contributed by atoms with E-state index in [-0.39, 0.29) is 11.3 Å². The third-order valence-corrected chi connectivity index (χ3v) is 7.00. The standard InChI is InChI=1S/C26H24F2N8O/c1-14-23(18-7-5-16(11-29)6-8-18)34-35(12-17-3-4-17)25(14)32-20-9-21(31-13-30-20)36-19-10-26(27,28)24(37)22(19)15(2)33-36/h5-9,13,17,24,37H,3-4,10,12H2,1-2H3,(H,30,31,32). The molecule has 1 unspecified atom stereocenters. The molecule has 0 spiro atoms. The number of nitriles is 1. The van der Waals surface area contributed by atoms with Crippen molar-refractivity contribution >= 4 is 11.6 Å². The first-order chi connectivity index (χ1) is 17.7. The predicted molar refractivity (Wildman–Crippen MR) is 131 cm³/mol. The van der Waals surface area contributed by atoms with Crippen LogP contribution in [-0.2, 0) is 13.0 Å². The van der Waals surface area contributed by atoms with Crippen LogP contribution in [0.5, 0.6) is 0 Å². The minimum absolute atomic E-state index is 0.156. The van der Waals surface area contributed by atoms with E-state index in [1.807, 2.05) is 23.7 Å². The summed E-state index contributed by atoms with van der Waals surface area (Å²) in [4.78, 5) is 8.61. The first-order valence-corrected chi connectivity index (χ1v) is 12.1. The Labute approximate surface area is 211 Å². The van der Waals surface area contributed by atoms with Crippen LogP contribution in [0.25, 0.3) is 17.1 Å². The average molecular weight is 503 g/mol. The fourth-order valence-corrected chi connectivity index (χ4v) is 4.85. The van der Waals surface area contributed by atoms with Gasteiger partial charge in [0.2, 0.25) is 0 Å². The lowest BCUT2D eigenvalue weighted by molar-refractivity contribution is -0.0977. The molecule has 2 aliphatic rings. The van der Waals surface area contributed by atoms with Crippen molar-refractivity contribution in [1.29, 1.82) is 5.26 Å². The maximum absolute atomic E-state index is 14.2. The maximum atomic E-state index is 14.2. The second-order valence-corrected chi connectivity index (χ2v) is 9.72.